The van der Waals surface area contributed by atoms with E-state index < -0.39 is 11.6 Å². The predicted octanol–water partition coefficient (Wildman–Crippen LogP) is 3.04. The molecule has 6 nitrogen and oxygen atoms in total. The number of aryl methyl sites for hydroxylation is 1. The number of aliphatic hydroxyl groups excluding tert-OH is 1. The number of carboxylic acids is 1. The molecule has 0 aliphatic heterocycles. The van der Waals surface area contributed by atoms with Crippen molar-refractivity contribution in [3.63, 3.8) is 0 Å². The van der Waals surface area contributed by atoms with Crippen molar-refractivity contribution < 1.29 is 30.0 Å². The van der Waals surface area contributed by atoms with Gasteiger partial charge in [0.1, 0.15) is 5.75 Å². The van der Waals surface area contributed by atoms with Gasteiger partial charge in [-0.05, 0) is 69.4 Å². The van der Waals surface area contributed by atoms with E-state index in [9.17, 15) is 24.9 Å². The lowest BCUT2D eigenvalue weighted by molar-refractivity contribution is -0.118. The minimum absolute atomic E-state index is 0.0127. The summed E-state index contributed by atoms with van der Waals surface area (Å²) in [5.41, 5.74) is 0.649. The van der Waals surface area contributed by atoms with E-state index in [1.165, 1.54) is 24.3 Å². The summed E-state index contributed by atoms with van der Waals surface area (Å²) in [5, 5.41) is 38.6. The standard InChI is InChI=1S/C22H30O6/c1-14(13-23)5-7-16-11-18(21(26)27)12-17(20(16)25)8-6-15(2)19(24)9-10-22(3,4)28/h5,9-12,15,23,25,28H,6-8,13H2,1-4H3,(H,26,27)/b10-9+,14-5+/t15-/m1/s1. The molecule has 0 amide bonds. The molecule has 0 heterocycles. The van der Waals surface area contributed by atoms with Gasteiger partial charge in [-0.15, -0.1) is 0 Å². The number of allylic oxidation sites excluding steroid dienone is 2. The molecule has 1 atom stereocenters. The number of aromatic hydroxyl groups is 1. The van der Waals surface area contributed by atoms with Crippen LogP contribution in [0, 0.1) is 5.92 Å². The largest absolute Gasteiger partial charge is 0.507 e. The van der Waals surface area contributed by atoms with Crippen LogP contribution in [0.25, 0.3) is 0 Å². The molecule has 0 aliphatic carbocycles. The van der Waals surface area contributed by atoms with E-state index in [4.69, 9.17) is 5.11 Å². The fourth-order valence-corrected chi connectivity index (χ4v) is 2.54. The Kier molecular flexibility index (Phi) is 8.60. The Morgan fingerprint density at radius 2 is 1.82 bits per heavy atom. The van der Waals surface area contributed by atoms with Crippen molar-refractivity contribution in [2.24, 2.45) is 5.92 Å². The summed E-state index contributed by atoms with van der Waals surface area (Å²) in [7, 11) is 0. The minimum atomic E-state index is -1.09. The van der Waals surface area contributed by atoms with E-state index in [0.717, 1.165) is 5.57 Å². The summed E-state index contributed by atoms with van der Waals surface area (Å²) in [6.45, 7) is 6.54. The number of aromatic carboxylic acids is 1. The summed E-state index contributed by atoms with van der Waals surface area (Å²) in [5.74, 6) is -1.56. The first-order valence-electron chi connectivity index (χ1n) is 9.24. The normalized spacial score (nSPS) is 13.7. The molecule has 6 heteroatoms. The van der Waals surface area contributed by atoms with Gasteiger partial charge in [-0.3, -0.25) is 4.79 Å². The molecule has 154 valence electrons. The molecule has 0 bridgehead atoms. The molecule has 4 N–H and O–H groups in total. The van der Waals surface area contributed by atoms with Crippen LogP contribution in [0.5, 0.6) is 5.75 Å². The lowest BCUT2D eigenvalue weighted by atomic mass is 9.93. The van der Waals surface area contributed by atoms with E-state index in [2.05, 4.69) is 0 Å². The molecular weight excluding hydrogens is 360 g/mol. The van der Waals surface area contributed by atoms with Crippen LogP contribution in [-0.2, 0) is 17.6 Å². The monoisotopic (exact) mass is 390 g/mol. The highest BCUT2D eigenvalue weighted by Crippen LogP contribution is 2.28. The Bertz CT molecular complexity index is 768. The maximum Gasteiger partial charge on any atom is 0.335 e. The Balaban J connectivity index is 3.00. The van der Waals surface area contributed by atoms with Crippen molar-refractivity contribution >= 4 is 11.8 Å². The lowest BCUT2D eigenvalue weighted by Gasteiger charge is -2.14. The van der Waals surface area contributed by atoms with Crippen LogP contribution < -0.4 is 0 Å². The number of phenolic OH excluding ortho intramolecular Hbond substituents is 1. The van der Waals surface area contributed by atoms with Crippen molar-refractivity contribution in [2.45, 2.75) is 52.6 Å². The molecule has 0 radical (unpaired) electrons. The second-order valence-corrected chi connectivity index (χ2v) is 7.69. The van der Waals surface area contributed by atoms with E-state index in [-0.39, 0.29) is 29.6 Å². The van der Waals surface area contributed by atoms with Gasteiger partial charge in [0.05, 0.1) is 17.8 Å². The average Bonchev–Trinajstić information content (AvgIpc) is 2.62. The molecule has 0 aliphatic rings. The number of carbonyl (C=O) groups excluding carboxylic acids is 1. The van der Waals surface area contributed by atoms with Crippen LogP contribution in [0.2, 0.25) is 0 Å². The first-order chi connectivity index (χ1) is 12.9. The first-order valence-corrected chi connectivity index (χ1v) is 9.24. The second kappa shape index (κ2) is 10.2. The predicted molar refractivity (Wildman–Crippen MR) is 108 cm³/mol. The van der Waals surface area contributed by atoms with E-state index in [0.29, 0.717) is 30.4 Å². The first kappa shape index (κ1) is 23.6. The number of hydrogen-bond donors (Lipinski definition) is 4. The average molecular weight is 390 g/mol. The topological polar surface area (TPSA) is 115 Å². The number of aliphatic hydroxyl groups is 2. The van der Waals surface area contributed by atoms with Crippen LogP contribution in [0.4, 0.5) is 0 Å². The quantitative estimate of drug-likeness (QED) is 0.361. The highest BCUT2D eigenvalue weighted by molar-refractivity contribution is 5.91. The van der Waals surface area contributed by atoms with E-state index in [1.54, 1.807) is 33.8 Å². The van der Waals surface area contributed by atoms with Crippen LogP contribution in [0.1, 0.15) is 55.6 Å². The van der Waals surface area contributed by atoms with Gasteiger partial charge in [0.15, 0.2) is 5.78 Å². The van der Waals surface area contributed by atoms with Crippen molar-refractivity contribution in [3.05, 3.63) is 52.6 Å². The Labute approximate surface area is 165 Å². The van der Waals surface area contributed by atoms with Gasteiger partial charge in [-0.2, -0.15) is 0 Å². The van der Waals surface area contributed by atoms with Crippen molar-refractivity contribution in [1.29, 1.82) is 0 Å². The molecule has 0 aromatic heterocycles. The minimum Gasteiger partial charge on any atom is -0.507 e. The maximum absolute atomic E-state index is 12.2. The summed E-state index contributed by atoms with van der Waals surface area (Å²) in [6.07, 6.45) is 5.59. The number of benzene rings is 1. The van der Waals surface area contributed by atoms with Gasteiger partial charge < -0.3 is 20.4 Å². The number of ketones is 1. The summed E-state index contributed by atoms with van der Waals surface area (Å²) < 4.78 is 0. The Morgan fingerprint density at radius 3 is 2.36 bits per heavy atom. The van der Waals surface area contributed by atoms with Crippen LogP contribution in [0.3, 0.4) is 0 Å². The van der Waals surface area contributed by atoms with E-state index >= 15 is 0 Å². The van der Waals surface area contributed by atoms with Crippen LogP contribution >= 0.6 is 0 Å². The van der Waals surface area contributed by atoms with Crippen LogP contribution in [0.15, 0.2) is 35.9 Å². The highest BCUT2D eigenvalue weighted by atomic mass is 16.4. The lowest BCUT2D eigenvalue weighted by Crippen LogP contribution is -2.16. The SMILES string of the molecule is C/C(=C\Cc1cc(C(=O)O)cc(CC[C@@H](C)C(=O)/C=C/C(C)(C)O)c1O)CO. The molecule has 0 spiro atoms. The molecule has 0 saturated carbocycles. The molecule has 1 aromatic carbocycles. The fraction of sp³-hybridized carbons (Fsp3) is 0.455. The molecule has 0 saturated heterocycles. The van der Waals surface area contributed by atoms with Crippen LogP contribution in [-0.4, -0.2) is 44.4 Å². The van der Waals surface area contributed by atoms with Gasteiger partial charge in [-0.25, -0.2) is 4.79 Å². The zero-order valence-electron chi connectivity index (χ0n) is 16.9. The van der Waals surface area contributed by atoms with E-state index in [1.807, 2.05) is 0 Å². The third kappa shape index (κ3) is 7.66. The summed E-state index contributed by atoms with van der Waals surface area (Å²) in [6, 6.07) is 2.84. The molecule has 28 heavy (non-hydrogen) atoms. The highest BCUT2D eigenvalue weighted by Gasteiger charge is 2.17. The van der Waals surface area contributed by atoms with Gasteiger partial charge in [0, 0.05) is 5.92 Å². The van der Waals surface area contributed by atoms with Crippen molar-refractivity contribution in [3.8, 4) is 5.75 Å². The maximum atomic E-state index is 12.2. The number of carbonyl (C=O) groups is 2. The molecule has 1 aromatic rings. The molecule has 1 rings (SSSR count). The number of hydrogen-bond acceptors (Lipinski definition) is 5. The smallest absolute Gasteiger partial charge is 0.335 e. The van der Waals surface area contributed by atoms with Crippen molar-refractivity contribution in [1.82, 2.24) is 0 Å². The zero-order valence-corrected chi connectivity index (χ0v) is 16.9. The Morgan fingerprint density at radius 1 is 1.21 bits per heavy atom. The number of phenols is 1. The van der Waals surface area contributed by atoms with Gasteiger partial charge >= 0.3 is 5.97 Å². The summed E-state index contributed by atoms with van der Waals surface area (Å²) >= 11 is 0. The zero-order chi connectivity index (χ0) is 21.5. The molecular formula is C22H30O6. The summed E-state index contributed by atoms with van der Waals surface area (Å²) in [4.78, 5) is 23.6. The van der Waals surface area contributed by atoms with Gasteiger partial charge in [0.25, 0.3) is 0 Å². The number of rotatable bonds is 10. The third-order valence-electron chi connectivity index (χ3n) is 4.42. The number of carboxylic acid groups (broad SMARTS) is 1. The third-order valence-corrected chi connectivity index (χ3v) is 4.42. The van der Waals surface area contributed by atoms with Gasteiger partial charge in [0.2, 0.25) is 0 Å². The molecule has 0 fully saturated rings. The van der Waals surface area contributed by atoms with Crippen molar-refractivity contribution in [2.75, 3.05) is 6.61 Å². The second-order valence-electron chi connectivity index (χ2n) is 7.69. The van der Waals surface area contributed by atoms with Gasteiger partial charge in [-0.1, -0.05) is 24.6 Å². The fourth-order valence-electron chi connectivity index (χ4n) is 2.54. The molecule has 0 unspecified atom stereocenters. The Hall–Kier alpha value is -2.44.